The lowest BCUT2D eigenvalue weighted by atomic mass is 9.95. The van der Waals surface area contributed by atoms with E-state index in [2.05, 4.69) is 47.9 Å². The lowest BCUT2D eigenvalue weighted by Gasteiger charge is -2.24. The van der Waals surface area contributed by atoms with Gasteiger partial charge >= 0.3 is 0 Å². The molecule has 1 saturated carbocycles. The molecule has 1 aromatic rings. The fourth-order valence-corrected chi connectivity index (χ4v) is 3.01. The van der Waals surface area contributed by atoms with Gasteiger partial charge in [-0.2, -0.15) is 0 Å². The molecule has 1 aliphatic carbocycles. The Labute approximate surface area is 118 Å². The Morgan fingerprint density at radius 2 is 1.79 bits per heavy atom. The van der Waals surface area contributed by atoms with Gasteiger partial charge < -0.3 is 10.6 Å². The summed E-state index contributed by atoms with van der Waals surface area (Å²) in [6, 6.07) is 12.0. The van der Waals surface area contributed by atoms with Crippen LogP contribution in [-0.4, -0.2) is 19.1 Å². The Morgan fingerprint density at radius 1 is 1.05 bits per heavy atom. The molecule has 1 atom stereocenters. The van der Waals surface area contributed by atoms with Crippen LogP contribution < -0.4 is 10.6 Å². The first-order valence-corrected chi connectivity index (χ1v) is 7.92. The molecule has 0 saturated heterocycles. The van der Waals surface area contributed by atoms with Crippen LogP contribution in [0.15, 0.2) is 30.3 Å². The van der Waals surface area contributed by atoms with Crippen LogP contribution in [0, 0.1) is 0 Å². The summed E-state index contributed by atoms with van der Waals surface area (Å²) in [5.74, 6) is 0. The maximum absolute atomic E-state index is 3.69. The van der Waals surface area contributed by atoms with Crippen molar-refractivity contribution in [1.29, 1.82) is 0 Å². The molecule has 0 aromatic heterocycles. The molecule has 0 bridgehead atoms. The van der Waals surface area contributed by atoms with Crippen molar-refractivity contribution >= 4 is 0 Å². The number of hydrogen-bond donors (Lipinski definition) is 2. The minimum absolute atomic E-state index is 0.495. The first-order valence-electron chi connectivity index (χ1n) is 7.92. The third-order valence-electron chi connectivity index (χ3n) is 4.16. The summed E-state index contributed by atoms with van der Waals surface area (Å²) < 4.78 is 0. The molecule has 1 aromatic carbocycles. The maximum atomic E-state index is 3.69. The van der Waals surface area contributed by atoms with E-state index in [-0.39, 0.29) is 0 Å². The zero-order valence-electron chi connectivity index (χ0n) is 12.2. The SMILES string of the molecule is CCC(NCCNC1CCCCC1)c1ccccc1. The van der Waals surface area contributed by atoms with Crippen LogP contribution in [0.2, 0.25) is 0 Å². The number of nitrogens with one attached hydrogen (secondary N) is 2. The molecule has 2 N–H and O–H groups in total. The highest BCUT2D eigenvalue weighted by atomic mass is 15.0. The average molecular weight is 260 g/mol. The smallest absolute Gasteiger partial charge is 0.0318 e. The first-order chi connectivity index (χ1) is 9.40. The third-order valence-corrected chi connectivity index (χ3v) is 4.16. The van der Waals surface area contributed by atoms with Gasteiger partial charge in [0.2, 0.25) is 0 Å². The van der Waals surface area contributed by atoms with Crippen molar-refractivity contribution in [2.75, 3.05) is 13.1 Å². The Balaban J connectivity index is 1.66. The Morgan fingerprint density at radius 3 is 2.47 bits per heavy atom. The second-order valence-corrected chi connectivity index (χ2v) is 5.61. The van der Waals surface area contributed by atoms with Gasteiger partial charge in [0, 0.05) is 25.2 Å². The molecular weight excluding hydrogens is 232 g/mol. The summed E-state index contributed by atoms with van der Waals surface area (Å²) in [6.45, 7) is 4.40. The largest absolute Gasteiger partial charge is 0.313 e. The van der Waals surface area contributed by atoms with Gasteiger partial charge in [-0.25, -0.2) is 0 Å². The zero-order chi connectivity index (χ0) is 13.3. The van der Waals surface area contributed by atoms with Crippen LogP contribution in [0.4, 0.5) is 0 Å². The van der Waals surface area contributed by atoms with E-state index in [0.717, 1.165) is 25.6 Å². The molecular formula is C17H28N2. The molecule has 2 rings (SSSR count). The van der Waals surface area contributed by atoms with Crippen molar-refractivity contribution in [3.63, 3.8) is 0 Å². The van der Waals surface area contributed by atoms with Crippen LogP contribution in [0.5, 0.6) is 0 Å². The summed E-state index contributed by atoms with van der Waals surface area (Å²) in [5.41, 5.74) is 1.41. The van der Waals surface area contributed by atoms with Crippen molar-refractivity contribution in [3.8, 4) is 0 Å². The van der Waals surface area contributed by atoms with E-state index in [1.54, 1.807) is 0 Å². The van der Waals surface area contributed by atoms with E-state index in [1.165, 1.54) is 37.7 Å². The molecule has 1 unspecified atom stereocenters. The van der Waals surface area contributed by atoms with E-state index >= 15 is 0 Å². The molecule has 0 aliphatic heterocycles. The van der Waals surface area contributed by atoms with E-state index in [4.69, 9.17) is 0 Å². The standard InChI is InChI=1S/C17H28N2/c1-2-17(15-9-5-3-6-10-15)19-14-13-18-16-11-7-4-8-12-16/h3,5-6,9-10,16-19H,2,4,7-8,11-14H2,1H3. The number of rotatable bonds is 7. The minimum atomic E-state index is 0.495. The lowest BCUT2D eigenvalue weighted by Crippen LogP contribution is -2.37. The van der Waals surface area contributed by atoms with E-state index < -0.39 is 0 Å². The Kier molecular flexibility index (Phi) is 6.38. The monoisotopic (exact) mass is 260 g/mol. The van der Waals surface area contributed by atoms with Crippen LogP contribution >= 0.6 is 0 Å². The molecule has 19 heavy (non-hydrogen) atoms. The summed E-state index contributed by atoms with van der Waals surface area (Å²) in [6.07, 6.45) is 8.14. The van der Waals surface area contributed by atoms with Gasteiger partial charge in [0.1, 0.15) is 0 Å². The molecule has 0 heterocycles. The molecule has 106 valence electrons. The van der Waals surface area contributed by atoms with Crippen molar-refractivity contribution in [3.05, 3.63) is 35.9 Å². The zero-order valence-corrected chi connectivity index (χ0v) is 12.2. The molecule has 0 spiro atoms. The number of hydrogen-bond acceptors (Lipinski definition) is 2. The van der Waals surface area contributed by atoms with Crippen LogP contribution in [-0.2, 0) is 0 Å². The molecule has 0 radical (unpaired) electrons. The predicted molar refractivity (Wildman–Crippen MR) is 82.4 cm³/mol. The van der Waals surface area contributed by atoms with Crippen LogP contribution in [0.3, 0.4) is 0 Å². The fourth-order valence-electron chi connectivity index (χ4n) is 3.01. The quantitative estimate of drug-likeness (QED) is 0.731. The Hall–Kier alpha value is -0.860. The third kappa shape index (κ3) is 4.96. The highest BCUT2D eigenvalue weighted by Gasteiger charge is 2.12. The summed E-state index contributed by atoms with van der Waals surface area (Å²) in [4.78, 5) is 0. The molecule has 2 nitrogen and oxygen atoms in total. The van der Waals surface area contributed by atoms with Gasteiger partial charge in [-0.15, -0.1) is 0 Å². The summed E-state index contributed by atoms with van der Waals surface area (Å²) >= 11 is 0. The van der Waals surface area contributed by atoms with Crippen molar-refractivity contribution < 1.29 is 0 Å². The topological polar surface area (TPSA) is 24.1 Å². The van der Waals surface area contributed by atoms with Crippen molar-refractivity contribution in [2.45, 2.75) is 57.5 Å². The van der Waals surface area contributed by atoms with Gasteiger partial charge in [-0.05, 0) is 24.8 Å². The molecule has 0 amide bonds. The van der Waals surface area contributed by atoms with Crippen LogP contribution in [0.25, 0.3) is 0 Å². The van der Waals surface area contributed by atoms with E-state index in [0.29, 0.717) is 6.04 Å². The van der Waals surface area contributed by atoms with E-state index in [1.807, 2.05) is 0 Å². The minimum Gasteiger partial charge on any atom is -0.313 e. The van der Waals surface area contributed by atoms with Crippen molar-refractivity contribution in [1.82, 2.24) is 10.6 Å². The summed E-state index contributed by atoms with van der Waals surface area (Å²) in [5, 5.41) is 7.35. The second kappa shape index (κ2) is 8.34. The average Bonchev–Trinajstić information content (AvgIpc) is 2.49. The van der Waals surface area contributed by atoms with E-state index in [9.17, 15) is 0 Å². The van der Waals surface area contributed by atoms with Gasteiger partial charge in [0.25, 0.3) is 0 Å². The van der Waals surface area contributed by atoms with Crippen LogP contribution in [0.1, 0.15) is 57.1 Å². The highest BCUT2D eigenvalue weighted by Crippen LogP contribution is 2.17. The highest BCUT2D eigenvalue weighted by molar-refractivity contribution is 5.18. The summed E-state index contributed by atoms with van der Waals surface area (Å²) in [7, 11) is 0. The van der Waals surface area contributed by atoms with Gasteiger partial charge in [-0.1, -0.05) is 56.5 Å². The normalized spacial score (nSPS) is 18.4. The van der Waals surface area contributed by atoms with Gasteiger partial charge in [-0.3, -0.25) is 0 Å². The maximum Gasteiger partial charge on any atom is 0.0318 e. The Bertz CT molecular complexity index is 330. The van der Waals surface area contributed by atoms with Gasteiger partial charge in [0.15, 0.2) is 0 Å². The predicted octanol–water partition coefficient (Wildman–Crippen LogP) is 3.65. The lowest BCUT2D eigenvalue weighted by molar-refractivity contribution is 0.368. The van der Waals surface area contributed by atoms with Gasteiger partial charge in [0.05, 0.1) is 0 Å². The second-order valence-electron chi connectivity index (χ2n) is 5.61. The molecule has 1 fully saturated rings. The fraction of sp³-hybridized carbons (Fsp3) is 0.647. The first kappa shape index (κ1) is 14.5. The van der Waals surface area contributed by atoms with Crippen molar-refractivity contribution in [2.24, 2.45) is 0 Å². The number of benzene rings is 1. The molecule has 1 aliphatic rings. The molecule has 2 heteroatoms.